The molecule has 0 aliphatic carbocycles. The highest BCUT2D eigenvalue weighted by Crippen LogP contribution is 2.28. The van der Waals surface area contributed by atoms with E-state index in [4.69, 9.17) is 4.74 Å². The number of hydrogen-bond acceptors (Lipinski definition) is 2. The van der Waals surface area contributed by atoms with Crippen LogP contribution in [0.25, 0.3) is 0 Å². The molecule has 0 aromatic rings. The van der Waals surface area contributed by atoms with Crippen molar-refractivity contribution in [3.8, 4) is 0 Å². The van der Waals surface area contributed by atoms with Gasteiger partial charge in [0.1, 0.15) is 0 Å². The first kappa shape index (κ1) is 15.0. The first-order chi connectivity index (χ1) is 7.99. The van der Waals surface area contributed by atoms with Crippen LogP contribution in [0.15, 0.2) is 0 Å². The molecule has 0 aromatic carbocycles. The second-order valence-electron chi connectivity index (χ2n) is 6.55. The molecule has 0 radical (unpaired) electrons. The Hall–Kier alpha value is -0.0800. The van der Waals surface area contributed by atoms with E-state index in [1.54, 1.807) is 0 Å². The molecule has 1 atom stereocenters. The van der Waals surface area contributed by atoms with E-state index in [2.05, 4.69) is 33.0 Å². The van der Waals surface area contributed by atoms with Crippen LogP contribution in [0, 0.1) is 5.41 Å². The summed E-state index contributed by atoms with van der Waals surface area (Å²) in [5, 5.41) is 3.51. The van der Waals surface area contributed by atoms with Gasteiger partial charge in [0.2, 0.25) is 0 Å². The highest BCUT2D eigenvalue weighted by atomic mass is 16.5. The molecular weight excluding hydrogens is 210 g/mol. The lowest BCUT2D eigenvalue weighted by Gasteiger charge is -2.26. The van der Waals surface area contributed by atoms with Gasteiger partial charge in [-0.15, -0.1) is 0 Å². The quantitative estimate of drug-likeness (QED) is 0.699. The molecule has 2 heteroatoms. The molecule has 1 aliphatic rings. The molecule has 1 heterocycles. The summed E-state index contributed by atoms with van der Waals surface area (Å²) >= 11 is 0. The van der Waals surface area contributed by atoms with Gasteiger partial charge in [-0.1, -0.05) is 34.1 Å². The van der Waals surface area contributed by atoms with Gasteiger partial charge in [-0.2, -0.15) is 0 Å². The lowest BCUT2D eigenvalue weighted by atomic mass is 9.83. The molecule has 17 heavy (non-hydrogen) atoms. The van der Waals surface area contributed by atoms with E-state index in [-0.39, 0.29) is 0 Å². The maximum absolute atomic E-state index is 5.67. The molecule has 1 N–H and O–H groups in total. The lowest BCUT2D eigenvalue weighted by Crippen LogP contribution is -2.27. The van der Waals surface area contributed by atoms with Crippen molar-refractivity contribution in [3.05, 3.63) is 0 Å². The van der Waals surface area contributed by atoms with Crippen molar-refractivity contribution in [2.45, 2.75) is 78.4 Å². The summed E-state index contributed by atoms with van der Waals surface area (Å²) in [4.78, 5) is 0. The van der Waals surface area contributed by atoms with E-state index in [1.807, 2.05) is 0 Å². The molecule has 2 nitrogen and oxygen atoms in total. The fourth-order valence-electron chi connectivity index (χ4n) is 2.50. The Bertz CT molecular complexity index is 195. The molecule has 0 aromatic heterocycles. The third-order valence-corrected chi connectivity index (χ3v) is 3.76. The normalized spacial score (nSPS) is 21.4. The van der Waals surface area contributed by atoms with Crippen LogP contribution >= 0.6 is 0 Å². The zero-order chi connectivity index (χ0) is 12.7. The van der Waals surface area contributed by atoms with E-state index in [0.717, 1.165) is 13.2 Å². The summed E-state index contributed by atoms with van der Waals surface area (Å²) in [5.74, 6) is 0. The average molecular weight is 241 g/mol. The Morgan fingerprint density at radius 1 is 1.29 bits per heavy atom. The van der Waals surface area contributed by atoms with Gasteiger partial charge < -0.3 is 10.1 Å². The minimum absolute atomic E-state index is 0.473. The largest absolute Gasteiger partial charge is 0.378 e. The summed E-state index contributed by atoms with van der Waals surface area (Å²) in [5.41, 5.74) is 0.473. The van der Waals surface area contributed by atoms with Crippen molar-refractivity contribution in [3.63, 3.8) is 0 Å². The highest BCUT2D eigenvalue weighted by Gasteiger charge is 2.20. The molecule has 1 aliphatic heterocycles. The van der Waals surface area contributed by atoms with Crippen molar-refractivity contribution >= 4 is 0 Å². The molecule has 102 valence electrons. The lowest BCUT2D eigenvalue weighted by molar-refractivity contribution is 0.0983. The molecule has 1 unspecified atom stereocenters. The summed E-state index contributed by atoms with van der Waals surface area (Å²) in [6.07, 6.45) is 8.31. The number of hydrogen-bond donors (Lipinski definition) is 1. The predicted molar refractivity (Wildman–Crippen MR) is 74.4 cm³/mol. The smallest absolute Gasteiger partial charge is 0.0576 e. The van der Waals surface area contributed by atoms with Crippen LogP contribution in [0.1, 0.15) is 66.2 Å². The minimum atomic E-state index is 0.473. The van der Waals surface area contributed by atoms with Gasteiger partial charge in [-0.3, -0.25) is 0 Å². The predicted octanol–water partition coefficient (Wildman–Crippen LogP) is 3.75. The maximum Gasteiger partial charge on any atom is 0.0576 e. The Morgan fingerprint density at radius 3 is 2.65 bits per heavy atom. The third kappa shape index (κ3) is 7.05. The van der Waals surface area contributed by atoms with Crippen LogP contribution < -0.4 is 5.32 Å². The molecule has 0 amide bonds. The van der Waals surface area contributed by atoms with E-state index in [9.17, 15) is 0 Å². The monoisotopic (exact) mass is 241 g/mol. The van der Waals surface area contributed by atoms with E-state index in [1.165, 1.54) is 38.5 Å². The molecule has 1 saturated heterocycles. The first-order valence-electron chi connectivity index (χ1n) is 7.34. The van der Waals surface area contributed by atoms with Crippen molar-refractivity contribution in [1.29, 1.82) is 0 Å². The Kier molecular flexibility index (Phi) is 6.50. The zero-order valence-corrected chi connectivity index (χ0v) is 12.2. The van der Waals surface area contributed by atoms with Crippen molar-refractivity contribution < 1.29 is 4.74 Å². The SMILES string of the molecule is CC(C)NCCC(C)(C)CCCC1CCCO1. The van der Waals surface area contributed by atoms with E-state index >= 15 is 0 Å². The molecule has 1 rings (SSSR count). The highest BCUT2D eigenvalue weighted by molar-refractivity contribution is 4.73. The second-order valence-corrected chi connectivity index (χ2v) is 6.55. The van der Waals surface area contributed by atoms with Crippen LogP contribution in [0.4, 0.5) is 0 Å². The number of rotatable bonds is 8. The van der Waals surface area contributed by atoms with Gasteiger partial charge in [0.15, 0.2) is 0 Å². The van der Waals surface area contributed by atoms with Gasteiger partial charge in [-0.25, -0.2) is 0 Å². The second kappa shape index (κ2) is 7.38. The molecule has 1 fully saturated rings. The Morgan fingerprint density at radius 2 is 2.06 bits per heavy atom. The zero-order valence-electron chi connectivity index (χ0n) is 12.2. The number of nitrogens with one attached hydrogen (secondary N) is 1. The Labute approximate surface area is 108 Å². The maximum atomic E-state index is 5.67. The summed E-state index contributed by atoms with van der Waals surface area (Å²) in [6, 6.07) is 0.609. The minimum Gasteiger partial charge on any atom is -0.378 e. The van der Waals surface area contributed by atoms with Crippen LogP contribution in [0.5, 0.6) is 0 Å². The topological polar surface area (TPSA) is 21.3 Å². The van der Waals surface area contributed by atoms with E-state index in [0.29, 0.717) is 17.6 Å². The molecule has 0 saturated carbocycles. The van der Waals surface area contributed by atoms with Crippen molar-refractivity contribution in [1.82, 2.24) is 5.32 Å². The first-order valence-corrected chi connectivity index (χ1v) is 7.34. The fourth-order valence-corrected chi connectivity index (χ4v) is 2.50. The van der Waals surface area contributed by atoms with Gasteiger partial charge in [-0.05, 0) is 44.1 Å². The number of ether oxygens (including phenoxy) is 1. The van der Waals surface area contributed by atoms with Crippen molar-refractivity contribution in [2.24, 2.45) is 5.41 Å². The van der Waals surface area contributed by atoms with Gasteiger partial charge in [0.05, 0.1) is 6.10 Å². The van der Waals surface area contributed by atoms with Crippen LogP contribution in [0.3, 0.4) is 0 Å². The summed E-state index contributed by atoms with van der Waals surface area (Å²) < 4.78 is 5.67. The van der Waals surface area contributed by atoms with E-state index < -0.39 is 0 Å². The average Bonchev–Trinajstić information content (AvgIpc) is 2.69. The Balaban J connectivity index is 2.06. The summed E-state index contributed by atoms with van der Waals surface area (Å²) in [6.45, 7) is 11.3. The van der Waals surface area contributed by atoms with Gasteiger partial charge in [0.25, 0.3) is 0 Å². The van der Waals surface area contributed by atoms with Crippen LogP contribution in [-0.4, -0.2) is 25.3 Å². The van der Waals surface area contributed by atoms with Gasteiger partial charge in [0, 0.05) is 12.6 Å². The third-order valence-electron chi connectivity index (χ3n) is 3.76. The van der Waals surface area contributed by atoms with Crippen LogP contribution in [-0.2, 0) is 4.74 Å². The van der Waals surface area contributed by atoms with Crippen molar-refractivity contribution in [2.75, 3.05) is 13.2 Å². The molecule has 0 bridgehead atoms. The molecular formula is C15H31NO. The van der Waals surface area contributed by atoms with Crippen LogP contribution in [0.2, 0.25) is 0 Å². The molecule has 0 spiro atoms. The fraction of sp³-hybridized carbons (Fsp3) is 1.00. The summed E-state index contributed by atoms with van der Waals surface area (Å²) in [7, 11) is 0. The standard InChI is InChI=1S/C15H31NO/c1-13(2)16-11-10-15(3,4)9-5-7-14-8-6-12-17-14/h13-14,16H,5-12H2,1-4H3. The van der Waals surface area contributed by atoms with Gasteiger partial charge >= 0.3 is 0 Å².